The van der Waals surface area contributed by atoms with E-state index in [2.05, 4.69) is 15.3 Å². The van der Waals surface area contributed by atoms with E-state index in [4.69, 9.17) is 32.9 Å². The molecular weight excluding hydrogens is 497 g/mol. The molecule has 0 aliphatic heterocycles. The lowest BCUT2D eigenvalue weighted by Gasteiger charge is -2.16. The molecule has 0 spiro atoms. The first-order valence-corrected chi connectivity index (χ1v) is 12.0. The SMILES string of the molecule is CC(=O)Nc1[nH]cc(C)c1-c1ccc(Cl)c(COc2cccc3c(-n4ccnc4)cc(C)nc23)c1Cl. The molecule has 0 radical (unpaired) electrons. The Hall–Kier alpha value is -3.81. The molecule has 9 heteroatoms. The number of hydrogen-bond acceptors (Lipinski definition) is 4. The van der Waals surface area contributed by atoms with Crippen molar-refractivity contribution in [3.63, 3.8) is 0 Å². The summed E-state index contributed by atoms with van der Waals surface area (Å²) in [6.07, 6.45) is 7.21. The fourth-order valence-electron chi connectivity index (χ4n) is 4.28. The summed E-state index contributed by atoms with van der Waals surface area (Å²) in [6.45, 7) is 5.49. The third-order valence-corrected chi connectivity index (χ3v) is 6.68. The van der Waals surface area contributed by atoms with Gasteiger partial charge in [-0.15, -0.1) is 0 Å². The maximum atomic E-state index is 11.7. The minimum Gasteiger partial charge on any atom is -0.487 e. The monoisotopic (exact) mass is 519 g/mol. The van der Waals surface area contributed by atoms with Gasteiger partial charge in [0.15, 0.2) is 0 Å². The van der Waals surface area contributed by atoms with Crippen LogP contribution in [0.5, 0.6) is 5.75 Å². The molecule has 2 N–H and O–H groups in total. The number of nitrogens with zero attached hydrogens (tertiary/aromatic N) is 3. The summed E-state index contributed by atoms with van der Waals surface area (Å²) in [7, 11) is 0. The first-order valence-electron chi connectivity index (χ1n) is 11.3. The van der Waals surface area contributed by atoms with Gasteiger partial charge in [-0.05, 0) is 37.6 Å². The number of halogens is 2. The van der Waals surface area contributed by atoms with E-state index < -0.39 is 0 Å². The van der Waals surface area contributed by atoms with Gasteiger partial charge in [-0.25, -0.2) is 9.97 Å². The molecule has 5 aromatic rings. The number of fused-ring (bicyclic) bond motifs is 1. The summed E-state index contributed by atoms with van der Waals surface area (Å²) in [4.78, 5) is 23.7. The largest absolute Gasteiger partial charge is 0.487 e. The van der Waals surface area contributed by atoms with Gasteiger partial charge in [0.05, 0.1) is 17.0 Å². The number of carbonyl (C=O) groups excluding carboxylic acids is 1. The molecule has 7 nitrogen and oxygen atoms in total. The zero-order valence-electron chi connectivity index (χ0n) is 19.9. The van der Waals surface area contributed by atoms with Crippen molar-refractivity contribution < 1.29 is 9.53 Å². The van der Waals surface area contributed by atoms with Gasteiger partial charge >= 0.3 is 0 Å². The Morgan fingerprint density at radius 2 is 2.03 bits per heavy atom. The van der Waals surface area contributed by atoms with E-state index in [1.807, 2.05) is 61.1 Å². The fraction of sp³-hybridized carbons (Fsp3) is 0.148. The van der Waals surface area contributed by atoms with Crippen LogP contribution in [0, 0.1) is 13.8 Å². The Balaban J connectivity index is 1.53. The molecule has 0 aliphatic rings. The van der Waals surface area contributed by atoms with Crippen LogP contribution in [0.15, 0.2) is 61.3 Å². The van der Waals surface area contributed by atoms with E-state index in [0.717, 1.165) is 39.0 Å². The van der Waals surface area contributed by atoms with Gasteiger partial charge in [-0.3, -0.25) is 4.79 Å². The standard InChI is InChI=1S/C27H23Cl2N5O2/c1-15-12-31-27(33-17(3)35)24(15)19-7-8-21(28)20(25(19)29)13-36-23-6-4-5-18-22(34-10-9-30-14-34)11-16(2)32-26(18)23/h4-12,14,31H,13H2,1-3H3,(H,33,35). The van der Waals surface area contributed by atoms with Crippen molar-refractivity contribution in [1.82, 2.24) is 19.5 Å². The molecule has 0 atom stereocenters. The third kappa shape index (κ3) is 4.43. The van der Waals surface area contributed by atoms with E-state index in [1.54, 1.807) is 18.6 Å². The van der Waals surface area contributed by atoms with Crippen molar-refractivity contribution in [3.05, 3.63) is 88.2 Å². The summed E-state index contributed by atoms with van der Waals surface area (Å²) in [6, 6.07) is 11.4. The van der Waals surface area contributed by atoms with Crippen LogP contribution in [-0.2, 0) is 11.4 Å². The normalized spacial score (nSPS) is 11.1. The van der Waals surface area contributed by atoms with Crippen LogP contribution in [-0.4, -0.2) is 25.4 Å². The third-order valence-electron chi connectivity index (χ3n) is 5.90. The molecule has 0 fully saturated rings. The number of para-hydroxylation sites is 1. The number of nitrogens with one attached hydrogen (secondary N) is 2. The number of amides is 1. The summed E-state index contributed by atoms with van der Waals surface area (Å²) >= 11 is 13.4. The van der Waals surface area contributed by atoms with Gasteiger partial charge in [-0.2, -0.15) is 0 Å². The van der Waals surface area contributed by atoms with Gasteiger partial charge in [0.25, 0.3) is 0 Å². The molecule has 0 bridgehead atoms. The van der Waals surface area contributed by atoms with Crippen LogP contribution < -0.4 is 10.1 Å². The molecule has 0 saturated carbocycles. The quantitative estimate of drug-likeness (QED) is 0.256. The number of H-pyrrole nitrogens is 1. The molecule has 0 unspecified atom stereocenters. The highest BCUT2D eigenvalue weighted by Crippen LogP contribution is 2.40. The minimum absolute atomic E-state index is 0.138. The first-order chi connectivity index (χ1) is 17.3. The Morgan fingerprint density at radius 3 is 2.78 bits per heavy atom. The van der Waals surface area contributed by atoms with E-state index >= 15 is 0 Å². The lowest BCUT2D eigenvalue weighted by Crippen LogP contribution is -2.07. The van der Waals surface area contributed by atoms with E-state index in [-0.39, 0.29) is 12.5 Å². The van der Waals surface area contributed by atoms with Crippen LogP contribution in [0.4, 0.5) is 5.82 Å². The maximum Gasteiger partial charge on any atom is 0.222 e. The number of carbonyl (C=O) groups is 1. The topological polar surface area (TPSA) is 84.8 Å². The summed E-state index contributed by atoms with van der Waals surface area (Å²) < 4.78 is 8.21. The van der Waals surface area contributed by atoms with Crippen LogP contribution >= 0.6 is 23.2 Å². The van der Waals surface area contributed by atoms with Crippen LogP contribution in [0.2, 0.25) is 10.0 Å². The van der Waals surface area contributed by atoms with Crippen LogP contribution in [0.25, 0.3) is 27.7 Å². The van der Waals surface area contributed by atoms with E-state index in [1.165, 1.54) is 6.92 Å². The number of imidazole rings is 1. The van der Waals surface area contributed by atoms with Gasteiger partial charge in [0.2, 0.25) is 5.91 Å². The van der Waals surface area contributed by atoms with Crippen molar-refractivity contribution in [2.45, 2.75) is 27.4 Å². The predicted molar refractivity (Wildman–Crippen MR) is 143 cm³/mol. The molecule has 2 aromatic carbocycles. The second-order valence-electron chi connectivity index (χ2n) is 8.48. The predicted octanol–water partition coefficient (Wildman–Crippen LogP) is 6.88. The minimum atomic E-state index is -0.180. The fourth-order valence-corrected chi connectivity index (χ4v) is 4.85. The molecule has 1 amide bonds. The van der Waals surface area contributed by atoms with E-state index in [9.17, 15) is 4.79 Å². The average molecular weight is 520 g/mol. The van der Waals surface area contributed by atoms with Gasteiger partial charge in [0, 0.05) is 58.3 Å². The van der Waals surface area contributed by atoms with Crippen molar-refractivity contribution in [1.29, 1.82) is 0 Å². The number of benzene rings is 2. The number of anilines is 1. The van der Waals surface area contributed by atoms with Crippen LogP contribution in [0.3, 0.4) is 0 Å². The van der Waals surface area contributed by atoms with Crippen molar-refractivity contribution in [2.24, 2.45) is 0 Å². The highest BCUT2D eigenvalue weighted by molar-refractivity contribution is 6.38. The van der Waals surface area contributed by atoms with Gasteiger partial charge < -0.3 is 19.6 Å². The van der Waals surface area contributed by atoms with Crippen LogP contribution in [0.1, 0.15) is 23.7 Å². The highest BCUT2D eigenvalue weighted by atomic mass is 35.5. The Labute approximate surface area is 218 Å². The zero-order chi connectivity index (χ0) is 25.4. The van der Waals surface area contributed by atoms with Crippen molar-refractivity contribution >= 4 is 45.8 Å². The smallest absolute Gasteiger partial charge is 0.222 e. The lowest BCUT2D eigenvalue weighted by atomic mass is 10.0. The number of aromatic amines is 1. The van der Waals surface area contributed by atoms with Gasteiger partial charge in [0.1, 0.15) is 23.7 Å². The second kappa shape index (κ2) is 9.68. The summed E-state index contributed by atoms with van der Waals surface area (Å²) in [5, 5.41) is 4.70. The number of aryl methyl sites for hydroxylation is 2. The zero-order valence-corrected chi connectivity index (χ0v) is 21.4. The molecule has 0 aliphatic carbocycles. The molecular formula is C27H23Cl2N5O2. The lowest BCUT2D eigenvalue weighted by molar-refractivity contribution is -0.114. The highest BCUT2D eigenvalue weighted by Gasteiger charge is 2.19. The number of pyridine rings is 1. The van der Waals surface area contributed by atoms with Crippen molar-refractivity contribution in [2.75, 3.05) is 5.32 Å². The molecule has 182 valence electrons. The molecule has 0 saturated heterocycles. The summed E-state index contributed by atoms with van der Waals surface area (Å²) in [5.41, 5.74) is 5.69. The molecule has 36 heavy (non-hydrogen) atoms. The Kier molecular flexibility index (Phi) is 6.43. The summed E-state index contributed by atoms with van der Waals surface area (Å²) in [5.74, 6) is 1.02. The average Bonchev–Trinajstić information content (AvgIpc) is 3.49. The number of ether oxygens (including phenoxy) is 1. The number of aromatic nitrogens is 4. The number of rotatable bonds is 6. The Morgan fingerprint density at radius 1 is 1.19 bits per heavy atom. The van der Waals surface area contributed by atoms with E-state index in [0.29, 0.717) is 27.2 Å². The number of hydrogen-bond donors (Lipinski definition) is 2. The Bertz CT molecular complexity index is 1590. The second-order valence-corrected chi connectivity index (χ2v) is 9.27. The molecule has 3 heterocycles. The first kappa shape index (κ1) is 23.9. The van der Waals surface area contributed by atoms with Gasteiger partial charge in [-0.1, -0.05) is 41.4 Å². The maximum absolute atomic E-state index is 11.7. The van der Waals surface area contributed by atoms with Crippen molar-refractivity contribution in [3.8, 4) is 22.6 Å². The molecule has 5 rings (SSSR count). The molecule has 3 aromatic heterocycles.